The molecule has 0 heterocycles. The van der Waals surface area contributed by atoms with Gasteiger partial charge in [0.2, 0.25) is 0 Å². The van der Waals surface area contributed by atoms with E-state index in [1.807, 2.05) is 12.2 Å². The van der Waals surface area contributed by atoms with Crippen LogP contribution >= 0.6 is 0 Å². The fourth-order valence-electron chi connectivity index (χ4n) is 0.412. The molecule has 0 fully saturated rings. The van der Waals surface area contributed by atoms with Gasteiger partial charge in [0.1, 0.15) is 0 Å². The van der Waals surface area contributed by atoms with Crippen LogP contribution in [0.1, 0.15) is 19.8 Å². The third-order valence-electron chi connectivity index (χ3n) is 0.789. The second kappa shape index (κ2) is 6.34. The molecule has 2 heteroatoms. The van der Waals surface area contributed by atoms with E-state index >= 15 is 0 Å². The molecule has 0 spiro atoms. The number of nitroso groups, excluding NO2 is 1. The maximum absolute atomic E-state index is 9.48. The summed E-state index contributed by atoms with van der Waals surface area (Å²) >= 11 is 0. The first-order valence-corrected chi connectivity index (χ1v) is 2.86. The maximum atomic E-state index is 9.48. The Kier molecular flexibility index (Phi) is 5.82. The van der Waals surface area contributed by atoms with Gasteiger partial charge in [-0.1, -0.05) is 24.3 Å². The van der Waals surface area contributed by atoms with Crippen molar-refractivity contribution in [3.8, 4) is 0 Å². The molecule has 0 unspecified atom stereocenters. The van der Waals surface area contributed by atoms with Gasteiger partial charge in [0, 0.05) is 0 Å². The summed E-state index contributed by atoms with van der Waals surface area (Å²) in [6.45, 7) is 2.47. The monoisotopic (exact) mass is 113 g/mol. The van der Waals surface area contributed by atoms with Gasteiger partial charge in [0.05, 0.1) is 6.54 Å². The van der Waals surface area contributed by atoms with Gasteiger partial charge in [-0.25, -0.2) is 0 Å². The van der Waals surface area contributed by atoms with Crippen molar-refractivity contribution in [2.75, 3.05) is 6.54 Å². The van der Waals surface area contributed by atoms with E-state index in [0.29, 0.717) is 6.54 Å². The predicted molar refractivity (Wildman–Crippen MR) is 34.7 cm³/mol. The molecule has 8 heavy (non-hydrogen) atoms. The first-order chi connectivity index (χ1) is 3.91. The Morgan fingerprint density at radius 1 is 1.50 bits per heavy atom. The predicted octanol–water partition coefficient (Wildman–Crippen LogP) is 2.11. The average Bonchev–Trinajstić information content (AvgIpc) is 1.81. The van der Waals surface area contributed by atoms with E-state index in [0.717, 1.165) is 12.8 Å². The summed E-state index contributed by atoms with van der Waals surface area (Å²) in [6, 6.07) is 0. The molecule has 0 bridgehead atoms. The van der Waals surface area contributed by atoms with Crippen molar-refractivity contribution < 1.29 is 0 Å². The van der Waals surface area contributed by atoms with Gasteiger partial charge in [-0.2, -0.15) is 4.91 Å². The third-order valence-corrected chi connectivity index (χ3v) is 0.789. The van der Waals surface area contributed by atoms with Gasteiger partial charge >= 0.3 is 0 Å². The summed E-state index contributed by atoms with van der Waals surface area (Å²) in [5.74, 6) is 0. The second-order valence-corrected chi connectivity index (χ2v) is 1.52. The van der Waals surface area contributed by atoms with Crippen molar-refractivity contribution >= 4 is 0 Å². The molecule has 46 valence electrons. The zero-order valence-corrected chi connectivity index (χ0v) is 5.13. The van der Waals surface area contributed by atoms with Crippen LogP contribution in [0.15, 0.2) is 17.3 Å². The minimum atomic E-state index is 0.413. The molecule has 0 aliphatic carbocycles. The van der Waals surface area contributed by atoms with Gasteiger partial charge in [0.25, 0.3) is 0 Å². The molecular formula is C6H11NO. The fraction of sp³-hybridized carbons (Fsp3) is 0.667. The van der Waals surface area contributed by atoms with Crippen LogP contribution in [0.25, 0.3) is 0 Å². The van der Waals surface area contributed by atoms with E-state index in [1.54, 1.807) is 0 Å². The topological polar surface area (TPSA) is 29.4 Å². The van der Waals surface area contributed by atoms with Crippen molar-refractivity contribution in [1.82, 2.24) is 0 Å². The molecule has 0 aromatic carbocycles. The van der Waals surface area contributed by atoms with E-state index in [2.05, 4.69) is 12.1 Å². The normalized spacial score (nSPS) is 10.1. The molecule has 0 atom stereocenters. The van der Waals surface area contributed by atoms with Crippen LogP contribution in [0, 0.1) is 4.91 Å². The quantitative estimate of drug-likeness (QED) is 0.312. The number of hydrogen-bond donors (Lipinski definition) is 0. The van der Waals surface area contributed by atoms with Gasteiger partial charge in [-0.15, -0.1) is 0 Å². The Morgan fingerprint density at radius 2 is 2.25 bits per heavy atom. The van der Waals surface area contributed by atoms with Gasteiger partial charge in [-0.05, 0) is 12.8 Å². The van der Waals surface area contributed by atoms with Crippen molar-refractivity contribution in [3.05, 3.63) is 17.1 Å². The Balaban J connectivity index is 2.90. The highest BCUT2D eigenvalue weighted by Gasteiger charge is 1.74. The molecule has 0 N–H and O–H groups in total. The smallest absolute Gasteiger partial charge is 0.0845 e. The summed E-state index contributed by atoms with van der Waals surface area (Å²) < 4.78 is 0. The Morgan fingerprint density at radius 3 is 2.75 bits per heavy atom. The molecule has 2 nitrogen and oxygen atoms in total. The number of nitrogens with zero attached hydrogens (tertiary/aromatic N) is 1. The molecule has 0 saturated heterocycles. The van der Waals surface area contributed by atoms with Gasteiger partial charge < -0.3 is 0 Å². The van der Waals surface area contributed by atoms with Crippen LogP contribution in [-0.4, -0.2) is 6.54 Å². The first kappa shape index (κ1) is 7.34. The first-order valence-electron chi connectivity index (χ1n) is 2.86. The summed E-state index contributed by atoms with van der Waals surface area (Å²) in [4.78, 5) is 9.48. The highest BCUT2D eigenvalue weighted by Crippen LogP contribution is 1.85. The zero-order chi connectivity index (χ0) is 6.24. The lowest BCUT2D eigenvalue weighted by molar-refractivity contribution is 0.989. The van der Waals surface area contributed by atoms with E-state index < -0.39 is 0 Å². The molecule has 0 aromatic heterocycles. The van der Waals surface area contributed by atoms with Gasteiger partial charge in [0.15, 0.2) is 0 Å². The van der Waals surface area contributed by atoms with Crippen LogP contribution in [0.5, 0.6) is 0 Å². The highest BCUT2D eigenvalue weighted by molar-refractivity contribution is 4.80. The van der Waals surface area contributed by atoms with Crippen molar-refractivity contribution in [1.29, 1.82) is 0 Å². The molecule has 0 rings (SSSR count). The minimum absolute atomic E-state index is 0.413. The van der Waals surface area contributed by atoms with Crippen LogP contribution < -0.4 is 0 Å². The van der Waals surface area contributed by atoms with Crippen LogP contribution in [0.3, 0.4) is 0 Å². The lowest BCUT2D eigenvalue weighted by Gasteiger charge is -1.78. The maximum Gasteiger partial charge on any atom is 0.0845 e. The number of rotatable bonds is 4. The summed E-state index contributed by atoms with van der Waals surface area (Å²) in [7, 11) is 0. The van der Waals surface area contributed by atoms with Crippen LogP contribution in [0.4, 0.5) is 0 Å². The van der Waals surface area contributed by atoms with Crippen LogP contribution in [0.2, 0.25) is 0 Å². The summed E-state index contributed by atoms with van der Waals surface area (Å²) in [5, 5.41) is 2.71. The Bertz CT molecular complexity index is 78.6. The second-order valence-electron chi connectivity index (χ2n) is 1.52. The van der Waals surface area contributed by atoms with Crippen LogP contribution in [-0.2, 0) is 0 Å². The summed E-state index contributed by atoms with van der Waals surface area (Å²) in [5.41, 5.74) is 0. The fourth-order valence-corrected chi connectivity index (χ4v) is 0.412. The molecule has 0 aliphatic rings. The molecule has 0 saturated carbocycles. The van der Waals surface area contributed by atoms with E-state index in [4.69, 9.17) is 0 Å². The highest BCUT2D eigenvalue weighted by atomic mass is 16.3. The van der Waals surface area contributed by atoms with Crippen molar-refractivity contribution in [3.63, 3.8) is 0 Å². The van der Waals surface area contributed by atoms with E-state index in [1.165, 1.54) is 0 Å². The molecule has 0 aromatic rings. The molecule has 0 aliphatic heterocycles. The summed E-state index contributed by atoms with van der Waals surface area (Å²) in [6.07, 6.45) is 5.84. The van der Waals surface area contributed by atoms with E-state index in [9.17, 15) is 4.91 Å². The minimum Gasteiger partial charge on any atom is -0.151 e. The third kappa shape index (κ3) is 5.34. The zero-order valence-electron chi connectivity index (χ0n) is 5.13. The Labute approximate surface area is 49.6 Å². The van der Waals surface area contributed by atoms with Crippen molar-refractivity contribution in [2.24, 2.45) is 5.18 Å². The lowest BCUT2D eigenvalue weighted by atomic mass is 10.3. The molecule has 0 radical (unpaired) electrons. The average molecular weight is 113 g/mol. The largest absolute Gasteiger partial charge is 0.151 e. The number of hydrogen-bond acceptors (Lipinski definition) is 2. The van der Waals surface area contributed by atoms with Gasteiger partial charge in [-0.3, -0.25) is 0 Å². The van der Waals surface area contributed by atoms with E-state index in [-0.39, 0.29) is 0 Å². The Hall–Kier alpha value is -0.660. The lowest BCUT2D eigenvalue weighted by Crippen LogP contribution is -1.71. The SMILES string of the molecule is CC/C=C/CCN=O. The number of allylic oxidation sites excluding steroid dienone is 1. The standard InChI is InChI=1S/C6H11NO/c1-2-3-4-5-6-7-8/h3-4H,2,5-6H2,1H3/b4-3+. The van der Waals surface area contributed by atoms with Crippen molar-refractivity contribution in [2.45, 2.75) is 19.8 Å². The molecular weight excluding hydrogens is 102 g/mol. The molecule has 0 amide bonds.